The quantitative estimate of drug-likeness (QED) is 0.747. The van der Waals surface area contributed by atoms with Crippen LogP contribution in [0.25, 0.3) is 0 Å². The molecule has 2 heteroatoms. The first-order valence-corrected chi connectivity index (χ1v) is 7.45. The largest absolute Gasteiger partial charge is 0.329 e. The molecule has 0 bridgehead atoms. The van der Waals surface area contributed by atoms with E-state index in [1.807, 2.05) is 0 Å². The number of nitrogens with zero attached hydrogens (tertiary/aromatic N) is 1. The highest BCUT2D eigenvalue weighted by Gasteiger charge is 2.35. The highest BCUT2D eigenvalue weighted by molar-refractivity contribution is 4.93. The maximum absolute atomic E-state index is 6.13. The molecule has 3 atom stereocenters. The van der Waals surface area contributed by atoms with E-state index in [0.29, 0.717) is 0 Å². The van der Waals surface area contributed by atoms with Crippen LogP contribution >= 0.6 is 0 Å². The van der Waals surface area contributed by atoms with Gasteiger partial charge in [0.2, 0.25) is 0 Å². The normalized spacial score (nSPS) is 32.5. The van der Waals surface area contributed by atoms with Gasteiger partial charge in [0.15, 0.2) is 0 Å². The van der Waals surface area contributed by atoms with E-state index >= 15 is 0 Å². The summed E-state index contributed by atoms with van der Waals surface area (Å²) in [6.07, 6.45) is 7.93. The minimum absolute atomic E-state index is 0.286. The van der Waals surface area contributed by atoms with Crippen LogP contribution in [-0.4, -0.2) is 30.6 Å². The van der Waals surface area contributed by atoms with Crippen molar-refractivity contribution >= 4 is 0 Å². The Hall–Kier alpha value is -0.0800. The monoisotopic (exact) mass is 240 g/mol. The highest BCUT2D eigenvalue weighted by atomic mass is 15.2. The Morgan fingerprint density at radius 1 is 1.35 bits per heavy atom. The van der Waals surface area contributed by atoms with Gasteiger partial charge in [0.1, 0.15) is 0 Å². The number of nitrogens with two attached hydrogens (primary N) is 1. The fourth-order valence-electron chi connectivity index (χ4n) is 3.10. The summed E-state index contributed by atoms with van der Waals surface area (Å²) in [5, 5.41) is 0. The summed E-state index contributed by atoms with van der Waals surface area (Å²) >= 11 is 0. The molecule has 0 saturated heterocycles. The molecule has 0 amide bonds. The molecule has 1 aliphatic rings. The van der Waals surface area contributed by atoms with Crippen molar-refractivity contribution in [3.8, 4) is 0 Å². The molecule has 0 heterocycles. The van der Waals surface area contributed by atoms with Crippen molar-refractivity contribution in [1.82, 2.24) is 4.90 Å². The molecule has 0 radical (unpaired) electrons. The topological polar surface area (TPSA) is 29.3 Å². The number of hydrogen-bond donors (Lipinski definition) is 1. The molecular weight excluding hydrogens is 208 g/mol. The van der Waals surface area contributed by atoms with Crippen molar-refractivity contribution in [2.75, 3.05) is 20.1 Å². The van der Waals surface area contributed by atoms with Crippen molar-refractivity contribution in [1.29, 1.82) is 0 Å². The number of likely N-dealkylation sites (N-methyl/N-ethyl adjacent to an activating group) is 1. The van der Waals surface area contributed by atoms with Gasteiger partial charge >= 0.3 is 0 Å². The van der Waals surface area contributed by atoms with Gasteiger partial charge in [-0.25, -0.2) is 0 Å². The molecule has 2 N–H and O–H groups in total. The SMILES string of the molecule is CCC(C)CN(C)C1(CN)CCCC(C)CC1. The summed E-state index contributed by atoms with van der Waals surface area (Å²) in [5.41, 5.74) is 6.42. The summed E-state index contributed by atoms with van der Waals surface area (Å²) in [4.78, 5) is 2.57. The Balaban J connectivity index is 2.65. The van der Waals surface area contributed by atoms with Crippen LogP contribution in [0, 0.1) is 11.8 Å². The van der Waals surface area contributed by atoms with Gasteiger partial charge in [0.05, 0.1) is 0 Å². The van der Waals surface area contributed by atoms with Crippen LogP contribution < -0.4 is 5.73 Å². The summed E-state index contributed by atoms with van der Waals surface area (Å²) in [5.74, 6) is 1.67. The third kappa shape index (κ3) is 3.96. The minimum atomic E-state index is 0.286. The number of rotatable bonds is 5. The van der Waals surface area contributed by atoms with E-state index in [2.05, 4.69) is 32.7 Å². The minimum Gasteiger partial charge on any atom is -0.329 e. The zero-order valence-electron chi connectivity index (χ0n) is 12.3. The first-order valence-electron chi connectivity index (χ1n) is 7.45. The van der Waals surface area contributed by atoms with E-state index in [-0.39, 0.29) is 5.54 Å². The third-order valence-electron chi connectivity index (χ3n) is 4.91. The van der Waals surface area contributed by atoms with E-state index < -0.39 is 0 Å². The molecule has 0 aromatic carbocycles. The van der Waals surface area contributed by atoms with Gasteiger partial charge in [-0.2, -0.15) is 0 Å². The maximum Gasteiger partial charge on any atom is 0.0328 e. The van der Waals surface area contributed by atoms with Crippen LogP contribution in [0.3, 0.4) is 0 Å². The standard InChI is InChI=1S/C15H32N2/c1-5-13(2)11-17(4)15(12-16)9-6-7-14(3)8-10-15/h13-14H,5-12,16H2,1-4H3. The fraction of sp³-hybridized carbons (Fsp3) is 1.00. The Kier molecular flexibility index (Phi) is 5.94. The molecule has 0 aliphatic heterocycles. The molecule has 1 fully saturated rings. The van der Waals surface area contributed by atoms with E-state index in [0.717, 1.165) is 18.4 Å². The van der Waals surface area contributed by atoms with Crippen molar-refractivity contribution in [2.24, 2.45) is 17.6 Å². The molecule has 1 rings (SSSR count). The molecule has 0 aromatic rings. The van der Waals surface area contributed by atoms with Crippen LogP contribution in [-0.2, 0) is 0 Å². The molecule has 1 aliphatic carbocycles. The van der Waals surface area contributed by atoms with Gasteiger partial charge < -0.3 is 5.73 Å². The summed E-state index contributed by atoms with van der Waals surface area (Å²) in [7, 11) is 2.29. The third-order valence-corrected chi connectivity index (χ3v) is 4.91. The Morgan fingerprint density at radius 2 is 2.06 bits per heavy atom. The van der Waals surface area contributed by atoms with E-state index in [1.165, 1.54) is 45.1 Å². The average molecular weight is 240 g/mol. The molecule has 2 nitrogen and oxygen atoms in total. The molecule has 17 heavy (non-hydrogen) atoms. The smallest absolute Gasteiger partial charge is 0.0328 e. The van der Waals surface area contributed by atoms with Gasteiger partial charge in [-0.3, -0.25) is 4.90 Å². The van der Waals surface area contributed by atoms with Crippen molar-refractivity contribution in [3.63, 3.8) is 0 Å². The van der Waals surface area contributed by atoms with E-state index in [4.69, 9.17) is 5.73 Å². The zero-order chi connectivity index (χ0) is 12.9. The van der Waals surface area contributed by atoms with Gasteiger partial charge in [-0.05, 0) is 38.1 Å². The molecule has 3 unspecified atom stereocenters. The van der Waals surface area contributed by atoms with Crippen LogP contribution in [0.2, 0.25) is 0 Å². The van der Waals surface area contributed by atoms with Crippen molar-refractivity contribution < 1.29 is 0 Å². The second-order valence-electron chi connectivity index (χ2n) is 6.36. The number of hydrogen-bond acceptors (Lipinski definition) is 2. The summed E-state index contributed by atoms with van der Waals surface area (Å²) in [6, 6.07) is 0. The summed E-state index contributed by atoms with van der Waals surface area (Å²) < 4.78 is 0. The molecule has 1 saturated carbocycles. The first-order chi connectivity index (χ1) is 8.04. The fourth-order valence-corrected chi connectivity index (χ4v) is 3.10. The lowest BCUT2D eigenvalue weighted by Gasteiger charge is -2.42. The average Bonchev–Trinajstić information content (AvgIpc) is 2.51. The van der Waals surface area contributed by atoms with Crippen molar-refractivity contribution in [2.45, 2.75) is 64.8 Å². The lowest BCUT2D eigenvalue weighted by atomic mass is 9.87. The lowest BCUT2D eigenvalue weighted by Crippen LogP contribution is -2.53. The molecular formula is C15H32N2. The van der Waals surface area contributed by atoms with Crippen LogP contribution in [0.15, 0.2) is 0 Å². The van der Waals surface area contributed by atoms with E-state index in [1.54, 1.807) is 0 Å². The van der Waals surface area contributed by atoms with Crippen LogP contribution in [0.1, 0.15) is 59.3 Å². The highest BCUT2D eigenvalue weighted by Crippen LogP contribution is 2.34. The van der Waals surface area contributed by atoms with Gasteiger partial charge in [0.25, 0.3) is 0 Å². The second-order valence-corrected chi connectivity index (χ2v) is 6.36. The second kappa shape index (κ2) is 6.75. The van der Waals surface area contributed by atoms with E-state index in [9.17, 15) is 0 Å². The van der Waals surface area contributed by atoms with Crippen LogP contribution in [0.4, 0.5) is 0 Å². The predicted octanol–water partition coefficient (Wildman–Crippen LogP) is 3.26. The van der Waals surface area contributed by atoms with Gasteiger partial charge in [-0.1, -0.05) is 40.0 Å². The Bertz CT molecular complexity index is 217. The lowest BCUT2D eigenvalue weighted by molar-refractivity contribution is 0.0902. The Labute approximate surface area is 108 Å². The molecule has 0 spiro atoms. The molecule has 102 valence electrons. The van der Waals surface area contributed by atoms with Crippen LogP contribution in [0.5, 0.6) is 0 Å². The maximum atomic E-state index is 6.13. The zero-order valence-corrected chi connectivity index (χ0v) is 12.3. The Morgan fingerprint density at radius 3 is 2.65 bits per heavy atom. The van der Waals surface area contributed by atoms with Gasteiger partial charge in [0, 0.05) is 18.6 Å². The van der Waals surface area contributed by atoms with Gasteiger partial charge in [-0.15, -0.1) is 0 Å². The summed E-state index contributed by atoms with van der Waals surface area (Å²) in [6.45, 7) is 9.04. The van der Waals surface area contributed by atoms with Crippen molar-refractivity contribution in [3.05, 3.63) is 0 Å². The predicted molar refractivity (Wildman–Crippen MR) is 76.1 cm³/mol. The molecule has 0 aromatic heterocycles. The first kappa shape index (κ1) is 15.0.